The topological polar surface area (TPSA) is 84.2 Å². The van der Waals surface area contributed by atoms with Crippen LogP contribution < -0.4 is 10.6 Å². The van der Waals surface area contributed by atoms with Gasteiger partial charge in [0, 0.05) is 23.7 Å². The molecule has 0 atom stereocenters. The number of carbonyl (C=O) groups excluding carboxylic acids is 2. The molecule has 132 valence electrons. The monoisotopic (exact) mass is 369 g/mol. The van der Waals surface area contributed by atoms with E-state index in [0.717, 1.165) is 5.56 Å². The van der Waals surface area contributed by atoms with Crippen LogP contribution in [0.15, 0.2) is 59.1 Å². The molecule has 6 nitrogen and oxygen atoms in total. The number of nitrogens with one attached hydrogen (secondary N) is 2. The fourth-order valence-corrected chi connectivity index (χ4v) is 2.42. The average Bonchev–Trinajstić information content (AvgIpc) is 3.15. The van der Waals surface area contributed by atoms with Crippen LogP contribution >= 0.6 is 11.6 Å². The quantitative estimate of drug-likeness (QED) is 0.688. The zero-order valence-electron chi connectivity index (χ0n) is 14.0. The second kappa shape index (κ2) is 7.84. The molecule has 0 fully saturated rings. The average molecular weight is 370 g/mol. The Hall–Kier alpha value is -3.12. The van der Waals surface area contributed by atoms with Crippen LogP contribution in [0.1, 0.15) is 23.9 Å². The Labute approximate surface area is 155 Å². The second-order valence-corrected chi connectivity index (χ2v) is 5.90. The SMILES string of the molecule is CCC(=O)Nc1ccc(Cl)c(NC(=O)c2cc(-c3ccccc3)no2)c1. The highest BCUT2D eigenvalue weighted by Crippen LogP contribution is 2.27. The summed E-state index contributed by atoms with van der Waals surface area (Å²) in [6.45, 7) is 1.75. The third-order valence-corrected chi connectivity index (χ3v) is 3.95. The second-order valence-electron chi connectivity index (χ2n) is 5.49. The first-order valence-corrected chi connectivity index (χ1v) is 8.37. The van der Waals surface area contributed by atoms with Crippen molar-refractivity contribution in [2.45, 2.75) is 13.3 Å². The number of halogens is 1. The lowest BCUT2D eigenvalue weighted by Gasteiger charge is -2.09. The van der Waals surface area contributed by atoms with Crippen LogP contribution in [0.25, 0.3) is 11.3 Å². The lowest BCUT2D eigenvalue weighted by molar-refractivity contribution is -0.115. The first-order valence-electron chi connectivity index (χ1n) is 7.99. The fourth-order valence-electron chi connectivity index (χ4n) is 2.26. The highest BCUT2D eigenvalue weighted by Gasteiger charge is 2.16. The van der Waals surface area contributed by atoms with E-state index < -0.39 is 5.91 Å². The molecule has 2 N–H and O–H groups in total. The summed E-state index contributed by atoms with van der Waals surface area (Å²) in [5.41, 5.74) is 2.31. The van der Waals surface area contributed by atoms with Crippen LogP contribution in [-0.4, -0.2) is 17.0 Å². The summed E-state index contributed by atoms with van der Waals surface area (Å²) in [6, 6.07) is 15.8. The minimum absolute atomic E-state index is 0.0583. The van der Waals surface area contributed by atoms with Crippen molar-refractivity contribution >= 4 is 34.8 Å². The molecule has 0 aliphatic carbocycles. The molecule has 7 heteroatoms. The fraction of sp³-hybridized carbons (Fsp3) is 0.105. The molecule has 0 unspecified atom stereocenters. The van der Waals surface area contributed by atoms with Crippen LogP contribution in [0.2, 0.25) is 5.02 Å². The Balaban J connectivity index is 1.77. The Morgan fingerprint density at radius 1 is 1.08 bits per heavy atom. The molecule has 0 spiro atoms. The van der Waals surface area contributed by atoms with Crippen LogP contribution in [0, 0.1) is 0 Å². The number of rotatable bonds is 5. The number of hydrogen-bond donors (Lipinski definition) is 2. The van der Waals surface area contributed by atoms with E-state index in [-0.39, 0.29) is 11.7 Å². The van der Waals surface area contributed by atoms with Gasteiger partial charge in [-0.15, -0.1) is 0 Å². The van der Waals surface area contributed by atoms with Crippen LogP contribution in [0.4, 0.5) is 11.4 Å². The van der Waals surface area contributed by atoms with Crippen LogP contribution in [0.5, 0.6) is 0 Å². The highest BCUT2D eigenvalue weighted by molar-refractivity contribution is 6.34. The van der Waals surface area contributed by atoms with Gasteiger partial charge in [0.15, 0.2) is 0 Å². The molecule has 0 radical (unpaired) electrons. The standard InChI is InChI=1S/C19H16ClN3O3/c1-2-18(24)21-13-8-9-14(20)16(10-13)22-19(25)17-11-15(23-26-17)12-6-4-3-5-7-12/h3-11H,2H2,1H3,(H,21,24)(H,22,25). The summed E-state index contributed by atoms with van der Waals surface area (Å²) in [7, 11) is 0. The van der Waals surface area contributed by atoms with Gasteiger partial charge in [-0.25, -0.2) is 0 Å². The molecular weight excluding hydrogens is 354 g/mol. The van der Waals surface area contributed by atoms with Gasteiger partial charge >= 0.3 is 0 Å². The van der Waals surface area contributed by atoms with Crippen molar-refractivity contribution in [1.29, 1.82) is 0 Å². The minimum atomic E-state index is -0.486. The smallest absolute Gasteiger partial charge is 0.294 e. The molecule has 26 heavy (non-hydrogen) atoms. The van der Waals surface area contributed by atoms with Crippen molar-refractivity contribution in [3.05, 3.63) is 65.4 Å². The van der Waals surface area contributed by atoms with Crippen molar-refractivity contribution in [3.63, 3.8) is 0 Å². The molecule has 0 bridgehead atoms. The van der Waals surface area contributed by atoms with E-state index in [0.29, 0.717) is 28.5 Å². The number of amides is 2. The highest BCUT2D eigenvalue weighted by atomic mass is 35.5. The summed E-state index contributed by atoms with van der Waals surface area (Å²) in [4.78, 5) is 23.9. The number of nitrogens with zero attached hydrogens (tertiary/aromatic N) is 1. The molecule has 0 aliphatic heterocycles. The largest absolute Gasteiger partial charge is 0.350 e. The predicted molar refractivity (Wildman–Crippen MR) is 100 cm³/mol. The Kier molecular flexibility index (Phi) is 5.34. The Bertz CT molecular complexity index is 938. The zero-order valence-corrected chi connectivity index (χ0v) is 14.7. The Morgan fingerprint density at radius 3 is 2.58 bits per heavy atom. The molecule has 0 saturated heterocycles. The molecule has 1 aromatic heterocycles. The maximum absolute atomic E-state index is 12.4. The van der Waals surface area contributed by atoms with Crippen molar-refractivity contribution in [2.75, 3.05) is 10.6 Å². The zero-order chi connectivity index (χ0) is 18.5. The molecule has 2 amide bonds. The van der Waals surface area contributed by atoms with Crippen molar-refractivity contribution in [2.24, 2.45) is 0 Å². The van der Waals surface area contributed by atoms with Gasteiger partial charge in [-0.1, -0.05) is 54.0 Å². The summed E-state index contributed by atoms with van der Waals surface area (Å²) in [6.07, 6.45) is 0.352. The lowest BCUT2D eigenvalue weighted by atomic mass is 10.1. The number of benzene rings is 2. The van der Waals surface area contributed by atoms with Gasteiger partial charge in [-0.3, -0.25) is 9.59 Å². The summed E-state index contributed by atoms with van der Waals surface area (Å²) < 4.78 is 5.13. The molecule has 3 rings (SSSR count). The minimum Gasteiger partial charge on any atom is -0.350 e. The van der Waals surface area contributed by atoms with Crippen molar-refractivity contribution in [3.8, 4) is 11.3 Å². The normalized spacial score (nSPS) is 10.4. The van der Waals surface area contributed by atoms with E-state index in [2.05, 4.69) is 15.8 Å². The van der Waals surface area contributed by atoms with Gasteiger partial charge in [0.1, 0.15) is 5.69 Å². The number of aromatic nitrogens is 1. The van der Waals surface area contributed by atoms with Gasteiger partial charge < -0.3 is 15.2 Å². The third kappa shape index (κ3) is 4.10. The third-order valence-electron chi connectivity index (χ3n) is 3.62. The molecule has 3 aromatic rings. The molecular formula is C19H16ClN3O3. The number of carbonyl (C=O) groups is 2. The van der Waals surface area contributed by atoms with Gasteiger partial charge in [-0.05, 0) is 18.2 Å². The van der Waals surface area contributed by atoms with E-state index in [1.165, 1.54) is 0 Å². The first-order chi connectivity index (χ1) is 12.6. The van der Waals surface area contributed by atoms with Crippen molar-refractivity contribution < 1.29 is 14.1 Å². The molecule has 1 heterocycles. The van der Waals surface area contributed by atoms with Crippen molar-refractivity contribution in [1.82, 2.24) is 5.16 Å². The van der Waals surface area contributed by atoms with E-state index in [4.69, 9.17) is 16.1 Å². The van der Waals surface area contributed by atoms with Gasteiger partial charge in [0.25, 0.3) is 5.91 Å². The van der Waals surface area contributed by atoms with Gasteiger partial charge in [0.2, 0.25) is 11.7 Å². The molecule has 2 aromatic carbocycles. The van der Waals surface area contributed by atoms with E-state index in [9.17, 15) is 9.59 Å². The maximum atomic E-state index is 12.4. The Morgan fingerprint density at radius 2 is 1.85 bits per heavy atom. The van der Waals surface area contributed by atoms with Gasteiger partial charge in [-0.2, -0.15) is 0 Å². The van der Waals surface area contributed by atoms with Crippen LogP contribution in [0.3, 0.4) is 0 Å². The van der Waals surface area contributed by atoms with E-state index in [1.807, 2.05) is 30.3 Å². The van der Waals surface area contributed by atoms with E-state index in [1.54, 1.807) is 31.2 Å². The first kappa shape index (κ1) is 17.7. The summed E-state index contributed by atoms with van der Waals surface area (Å²) in [5, 5.41) is 9.64. The lowest BCUT2D eigenvalue weighted by Crippen LogP contribution is -2.13. The van der Waals surface area contributed by atoms with E-state index >= 15 is 0 Å². The van der Waals surface area contributed by atoms with Crippen LogP contribution in [-0.2, 0) is 4.79 Å². The summed E-state index contributed by atoms with van der Waals surface area (Å²) >= 11 is 6.13. The predicted octanol–water partition coefficient (Wildman–Crippen LogP) is 4.60. The molecule has 0 saturated carbocycles. The molecule has 0 aliphatic rings. The van der Waals surface area contributed by atoms with Gasteiger partial charge in [0.05, 0.1) is 10.7 Å². The summed E-state index contributed by atoms with van der Waals surface area (Å²) in [5.74, 6) is -0.559. The number of anilines is 2. The maximum Gasteiger partial charge on any atom is 0.294 e. The number of hydrogen-bond acceptors (Lipinski definition) is 4.